The first kappa shape index (κ1) is 29.1. The van der Waals surface area contributed by atoms with Crippen molar-refractivity contribution in [1.29, 1.82) is 5.41 Å². The molecule has 1 amide bonds. The third-order valence-corrected chi connectivity index (χ3v) is 7.48. The molecule has 0 atom stereocenters. The molecule has 5 nitrogen and oxygen atoms in total. The lowest BCUT2D eigenvalue weighted by Gasteiger charge is -2.34. The normalized spacial score (nSPS) is 14.9. The number of carbonyl (C=O) groups excluding carboxylic acids is 1. The zero-order valence-electron chi connectivity index (χ0n) is 23.9. The summed E-state index contributed by atoms with van der Waals surface area (Å²) in [6.45, 7) is 10.2. The Morgan fingerprint density at radius 2 is 1.75 bits per heavy atom. The number of nitrogens with one attached hydrogen (secondary N) is 2. The molecule has 210 valence electrons. The number of hydrogen-bond acceptors (Lipinski definition) is 4. The van der Waals surface area contributed by atoms with Crippen LogP contribution in [-0.2, 0) is 5.92 Å². The first-order valence-corrected chi connectivity index (χ1v) is 13.8. The maximum Gasteiger partial charge on any atom is 0.270 e. The molecule has 0 aromatic heterocycles. The third kappa shape index (κ3) is 6.82. The van der Waals surface area contributed by atoms with E-state index in [1.54, 1.807) is 37.3 Å². The van der Waals surface area contributed by atoms with Crippen LogP contribution in [0.4, 0.5) is 25.8 Å². The minimum Gasteiger partial charge on any atom is -0.355 e. The smallest absolute Gasteiger partial charge is 0.270 e. The van der Waals surface area contributed by atoms with Crippen LogP contribution in [0, 0.1) is 24.2 Å². The molecule has 0 spiro atoms. The Morgan fingerprint density at radius 1 is 1.05 bits per heavy atom. The Kier molecular flexibility index (Phi) is 8.82. The second kappa shape index (κ2) is 12.1. The molecule has 1 aliphatic rings. The van der Waals surface area contributed by atoms with Gasteiger partial charge in [0.15, 0.2) is 0 Å². The van der Waals surface area contributed by atoms with Crippen LogP contribution in [0.3, 0.4) is 0 Å². The number of nitrogens with zero attached hydrogens (tertiary/aromatic N) is 2. The molecule has 0 bridgehead atoms. The quantitative estimate of drug-likeness (QED) is 0.279. The molecule has 2 N–H and O–H groups in total. The molecule has 1 heterocycles. The van der Waals surface area contributed by atoms with Gasteiger partial charge in [-0.3, -0.25) is 9.79 Å². The van der Waals surface area contributed by atoms with Gasteiger partial charge in [-0.05, 0) is 74.6 Å². The first-order valence-electron chi connectivity index (χ1n) is 13.8. The van der Waals surface area contributed by atoms with E-state index in [2.05, 4.69) is 32.2 Å². The topological polar surface area (TPSA) is 68.5 Å². The highest BCUT2D eigenvalue weighted by Gasteiger charge is 2.28. The number of hydrogen-bond donors (Lipinski definition) is 2. The van der Waals surface area contributed by atoms with Gasteiger partial charge in [0.2, 0.25) is 0 Å². The monoisotopic (exact) mass is 544 g/mol. The number of alkyl halides is 2. The lowest BCUT2D eigenvalue weighted by molar-refractivity contribution is 0.0175. The average Bonchev–Trinajstić information content (AvgIpc) is 2.92. The number of rotatable bonds is 8. The molecule has 0 radical (unpaired) electrons. The van der Waals surface area contributed by atoms with Gasteiger partial charge >= 0.3 is 0 Å². The molecule has 3 aromatic rings. The van der Waals surface area contributed by atoms with E-state index in [-0.39, 0.29) is 17.2 Å². The molecule has 0 unspecified atom stereocenters. The Labute approximate surface area is 235 Å². The Hall–Kier alpha value is -3.87. The fourth-order valence-corrected chi connectivity index (χ4v) is 5.20. The van der Waals surface area contributed by atoms with Gasteiger partial charge in [0.05, 0.1) is 5.69 Å². The van der Waals surface area contributed by atoms with Crippen molar-refractivity contribution in [3.8, 4) is 0 Å². The van der Waals surface area contributed by atoms with Crippen LogP contribution in [-0.4, -0.2) is 35.3 Å². The number of likely N-dealkylation sites (tertiary alicyclic amines) is 1. The summed E-state index contributed by atoms with van der Waals surface area (Å²) < 4.78 is 27.6. The maximum atomic E-state index is 13.8. The lowest BCUT2D eigenvalue weighted by atomic mass is 9.86. The molecule has 4 rings (SSSR count). The van der Waals surface area contributed by atoms with Crippen molar-refractivity contribution < 1.29 is 13.6 Å². The van der Waals surface area contributed by atoms with E-state index in [4.69, 9.17) is 10.4 Å². The second-order valence-electron chi connectivity index (χ2n) is 11.0. The van der Waals surface area contributed by atoms with Crippen molar-refractivity contribution in [1.82, 2.24) is 4.90 Å². The summed E-state index contributed by atoms with van der Waals surface area (Å²) >= 11 is 0. The Bertz CT molecular complexity index is 1420. The van der Waals surface area contributed by atoms with Crippen molar-refractivity contribution in [2.45, 2.75) is 53.4 Å². The molecule has 7 heteroatoms. The van der Waals surface area contributed by atoms with Gasteiger partial charge in [0, 0.05) is 65.4 Å². The van der Waals surface area contributed by atoms with Crippen molar-refractivity contribution >= 4 is 34.4 Å². The highest BCUT2D eigenvalue weighted by atomic mass is 19.3. The zero-order chi connectivity index (χ0) is 29.0. The number of benzene rings is 3. The third-order valence-electron chi connectivity index (χ3n) is 7.48. The summed E-state index contributed by atoms with van der Waals surface area (Å²) in [5, 5.41) is 11.4. The fourth-order valence-electron chi connectivity index (χ4n) is 5.20. The van der Waals surface area contributed by atoms with E-state index in [9.17, 15) is 13.6 Å². The number of carbonyl (C=O) groups is 1. The largest absolute Gasteiger partial charge is 0.355 e. The minimum atomic E-state index is -2.95. The van der Waals surface area contributed by atoms with Crippen molar-refractivity contribution in [3.05, 3.63) is 89.0 Å². The molecular weight excluding hydrogens is 506 g/mol. The van der Waals surface area contributed by atoms with Crippen LogP contribution in [0.15, 0.2) is 71.7 Å². The number of amides is 1. The molecule has 40 heavy (non-hydrogen) atoms. The second-order valence-corrected chi connectivity index (χ2v) is 11.0. The van der Waals surface area contributed by atoms with Crippen molar-refractivity contribution in [3.63, 3.8) is 0 Å². The fraction of sp³-hybridized carbons (Fsp3) is 0.364. The lowest BCUT2D eigenvalue weighted by Crippen LogP contribution is -2.41. The number of anilines is 2. The van der Waals surface area contributed by atoms with E-state index < -0.39 is 5.92 Å². The van der Waals surface area contributed by atoms with E-state index >= 15 is 0 Å². The molecular formula is C33H38F2N4O. The molecule has 1 saturated heterocycles. The molecule has 1 aliphatic heterocycles. The van der Waals surface area contributed by atoms with Gasteiger partial charge < -0.3 is 15.6 Å². The Morgan fingerprint density at radius 3 is 2.38 bits per heavy atom. The van der Waals surface area contributed by atoms with Gasteiger partial charge in [-0.2, -0.15) is 0 Å². The van der Waals surface area contributed by atoms with Crippen LogP contribution in [0.2, 0.25) is 0 Å². The van der Waals surface area contributed by atoms with E-state index in [0.717, 1.165) is 31.0 Å². The summed E-state index contributed by atoms with van der Waals surface area (Å²) in [6.07, 6.45) is 1.70. The number of aliphatic imine (C=N–C) groups is 1. The number of aryl methyl sites for hydroxylation is 1. The van der Waals surface area contributed by atoms with Gasteiger partial charge in [-0.15, -0.1) is 0 Å². The predicted octanol–water partition coefficient (Wildman–Crippen LogP) is 8.52. The molecule has 0 aliphatic carbocycles. The highest BCUT2D eigenvalue weighted by Crippen LogP contribution is 2.31. The predicted molar refractivity (Wildman–Crippen MR) is 160 cm³/mol. The molecule has 1 fully saturated rings. The number of piperidine rings is 1. The standard InChI is InChI=1S/C33H38F2N4O/c1-21(2)31(38-29-12-7-6-9-22(29)3)24-15-17-39(18-16-24)32(40)25-13-14-30(28(19-25)23(4)36)37-27-11-8-10-26(20-27)33(5,34)35/h6-14,19-21,24,36-37H,15-18H2,1-5H3. The minimum absolute atomic E-state index is 0.0675. The molecule has 0 saturated carbocycles. The SMILES string of the molecule is CC(=N)c1cc(C(=O)N2CCC(C(=Nc3ccccc3C)C(C)C)CC2)ccc1Nc1cccc(C(C)(F)F)c1. The number of halogens is 2. The average molecular weight is 545 g/mol. The van der Waals surface area contributed by atoms with Gasteiger partial charge in [-0.1, -0.05) is 44.2 Å². The maximum absolute atomic E-state index is 13.8. The van der Waals surface area contributed by atoms with Gasteiger partial charge in [0.1, 0.15) is 0 Å². The van der Waals surface area contributed by atoms with Crippen LogP contribution in [0.1, 0.15) is 67.6 Å². The summed E-state index contributed by atoms with van der Waals surface area (Å²) in [7, 11) is 0. The highest BCUT2D eigenvalue weighted by molar-refractivity contribution is 6.05. The molecule has 3 aromatic carbocycles. The number of para-hydroxylation sites is 1. The van der Waals surface area contributed by atoms with Crippen LogP contribution < -0.4 is 5.32 Å². The first-order chi connectivity index (χ1) is 18.9. The van der Waals surface area contributed by atoms with Crippen molar-refractivity contribution in [2.24, 2.45) is 16.8 Å². The summed E-state index contributed by atoms with van der Waals surface area (Å²) in [5.74, 6) is -2.39. The van der Waals surface area contributed by atoms with Crippen LogP contribution >= 0.6 is 0 Å². The van der Waals surface area contributed by atoms with Gasteiger partial charge in [0.25, 0.3) is 11.8 Å². The zero-order valence-corrected chi connectivity index (χ0v) is 23.9. The van der Waals surface area contributed by atoms with E-state index in [1.807, 2.05) is 23.1 Å². The van der Waals surface area contributed by atoms with E-state index in [1.165, 1.54) is 17.8 Å². The van der Waals surface area contributed by atoms with Gasteiger partial charge in [-0.25, -0.2) is 8.78 Å². The summed E-state index contributed by atoms with van der Waals surface area (Å²) in [6, 6.07) is 19.4. The van der Waals surface area contributed by atoms with Crippen LogP contribution in [0.25, 0.3) is 0 Å². The summed E-state index contributed by atoms with van der Waals surface area (Å²) in [5.41, 5.74) is 5.68. The van der Waals surface area contributed by atoms with Crippen molar-refractivity contribution in [2.75, 3.05) is 18.4 Å². The summed E-state index contributed by atoms with van der Waals surface area (Å²) in [4.78, 5) is 20.4. The Balaban J connectivity index is 1.48. The van der Waals surface area contributed by atoms with E-state index in [0.29, 0.717) is 47.4 Å². The van der Waals surface area contributed by atoms with Crippen LogP contribution in [0.5, 0.6) is 0 Å².